The summed E-state index contributed by atoms with van der Waals surface area (Å²) in [7, 11) is -9.92. The van der Waals surface area contributed by atoms with E-state index in [1.165, 1.54) is 193 Å². The molecule has 0 heterocycles. The zero-order chi connectivity index (χ0) is 72.4. The van der Waals surface area contributed by atoms with Crippen LogP contribution in [0.3, 0.4) is 0 Å². The normalized spacial score (nSPS) is 14.3. The van der Waals surface area contributed by atoms with Crippen molar-refractivity contribution in [1.29, 1.82) is 0 Å². The number of phosphoric ester groups is 2. The van der Waals surface area contributed by atoms with Crippen LogP contribution in [0, 0.1) is 23.7 Å². The molecule has 6 atom stereocenters. The van der Waals surface area contributed by atoms with Gasteiger partial charge in [0.2, 0.25) is 0 Å². The third-order valence-electron chi connectivity index (χ3n) is 18.7. The van der Waals surface area contributed by atoms with Gasteiger partial charge in [0.25, 0.3) is 0 Å². The first kappa shape index (κ1) is 96.1. The van der Waals surface area contributed by atoms with E-state index in [4.69, 9.17) is 37.0 Å². The molecular weight excluding hydrogens is 1280 g/mol. The number of rotatable bonds is 76. The Kier molecular flexibility index (Phi) is 66.8. The van der Waals surface area contributed by atoms with E-state index < -0.39 is 97.5 Å². The molecule has 0 amide bonds. The first-order valence-electron chi connectivity index (χ1n) is 40.7. The van der Waals surface area contributed by atoms with Gasteiger partial charge in [0.05, 0.1) is 26.4 Å². The quantitative estimate of drug-likeness (QED) is 0.0222. The Bertz CT molecular complexity index is 1920. The molecule has 3 N–H and O–H groups in total. The van der Waals surface area contributed by atoms with E-state index in [0.717, 1.165) is 120 Å². The van der Waals surface area contributed by atoms with Crippen molar-refractivity contribution in [2.24, 2.45) is 23.7 Å². The number of hydrogen-bond donors (Lipinski definition) is 3. The van der Waals surface area contributed by atoms with Crippen LogP contribution in [-0.4, -0.2) is 96.7 Å². The maximum Gasteiger partial charge on any atom is 0.472 e. The van der Waals surface area contributed by atoms with Gasteiger partial charge in [-0.05, 0) is 49.4 Å². The molecule has 0 spiro atoms. The van der Waals surface area contributed by atoms with E-state index in [2.05, 4.69) is 55.4 Å². The van der Waals surface area contributed by atoms with Crippen molar-refractivity contribution >= 4 is 39.5 Å². The van der Waals surface area contributed by atoms with Crippen LogP contribution in [-0.2, 0) is 65.4 Å². The molecule has 4 unspecified atom stereocenters. The summed E-state index contributed by atoms with van der Waals surface area (Å²) in [5.74, 6) is 0.931. The Morgan fingerprint density at radius 2 is 0.490 bits per heavy atom. The number of unbranched alkanes of at least 4 members (excludes halogenated alkanes) is 41. The first-order valence-corrected chi connectivity index (χ1v) is 43.7. The number of ether oxygens (including phenoxy) is 4. The molecule has 0 fully saturated rings. The zero-order valence-corrected chi connectivity index (χ0v) is 66.2. The minimum atomic E-state index is -4.96. The highest BCUT2D eigenvalue weighted by Gasteiger charge is 2.30. The molecule has 0 radical (unpaired) electrons. The molecule has 0 aromatic heterocycles. The van der Waals surface area contributed by atoms with Crippen LogP contribution < -0.4 is 0 Å². The molecule has 0 aliphatic carbocycles. The summed E-state index contributed by atoms with van der Waals surface area (Å²) in [5.41, 5.74) is 0. The summed E-state index contributed by atoms with van der Waals surface area (Å²) in [6.45, 7) is 14.2. The van der Waals surface area contributed by atoms with E-state index in [1.807, 2.05) is 0 Å². The Morgan fingerprint density at radius 1 is 0.286 bits per heavy atom. The fraction of sp³-hybridized carbons (Fsp3) is 0.949. The van der Waals surface area contributed by atoms with Gasteiger partial charge in [-0.15, -0.1) is 0 Å². The number of esters is 4. The Balaban J connectivity index is 5.18. The Labute approximate surface area is 600 Å². The lowest BCUT2D eigenvalue weighted by Gasteiger charge is -2.21. The van der Waals surface area contributed by atoms with Gasteiger partial charge in [-0.2, -0.15) is 0 Å². The van der Waals surface area contributed by atoms with Gasteiger partial charge >= 0.3 is 39.5 Å². The lowest BCUT2D eigenvalue weighted by atomic mass is 10.00. The van der Waals surface area contributed by atoms with Crippen molar-refractivity contribution in [3.05, 3.63) is 0 Å². The minimum Gasteiger partial charge on any atom is -0.462 e. The monoisotopic (exact) mass is 1440 g/mol. The van der Waals surface area contributed by atoms with Crippen LogP contribution >= 0.6 is 15.6 Å². The second kappa shape index (κ2) is 68.2. The van der Waals surface area contributed by atoms with Crippen LogP contribution in [0.5, 0.6) is 0 Å². The lowest BCUT2D eigenvalue weighted by molar-refractivity contribution is -0.161. The van der Waals surface area contributed by atoms with Crippen molar-refractivity contribution in [3.8, 4) is 0 Å². The largest absolute Gasteiger partial charge is 0.472 e. The molecule has 0 aliphatic rings. The Morgan fingerprint density at radius 3 is 0.724 bits per heavy atom. The number of carbonyl (C=O) groups is 4. The molecule has 0 saturated carbocycles. The zero-order valence-electron chi connectivity index (χ0n) is 64.4. The van der Waals surface area contributed by atoms with Crippen molar-refractivity contribution in [1.82, 2.24) is 0 Å². The minimum absolute atomic E-state index is 0.106. The van der Waals surface area contributed by atoms with Crippen LogP contribution in [0.15, 0.2) is 0 Å². The van der Waals surface area contributed by atoms with E-state index in [9.17, 15) is 43.2 Å². The van der Waals surface area contributed by atoms with Gasteiger partial charge in [-0.1, -0.05) is 351 Å². The highest BCUT2D eigenvalue weighted by atomic mass is 31.2. The van der Waals surface area contributed by atoms with Crippen molar-refractivity contribution in [2.45, 2.75) is 420 Å². The van der Waals surface area contributed by atoms with Crippen molar-refractivity contribution < 1.29 is 80.2 Å². The van der Waals surface area contributed by atoms with Crippen LogP contribution in [0.4, 0.5) is 0 Å². The summed E-state index contributed by atoms with van der Waals surface area (Å²) < 4.78 is 68.6. The van der Waals surface area contributed by atoms with Crippen LogP contribution in [0.25, 0.3) is 0 Å². The second-order valence-corrected chi connectivity index (χ2v) is 33.0. The van der Waals surface area contributed by atoms with E-state index in [-0.39, 0.29) is 25.7 Å². The number of hydrogen-bond acceptors (Lipinski definition) is 15. The number of carbonyl (C=O) groups excluding carboxylic acids is 4. The average molecular weight is 1440 g/mol. The third kappa shape index (κ3) is 71.1. The van der Waals surface area contributed by atoms with Gasteiger partial charge in [0, 0.05) is 25.7 Å². The van der Waals surface area contributed by atoms with E-state index in [1.54, 1.807) is 0 Å². The maximum atomic E-state index is 13.1. The van der Waals surface area contributed by atoms with Crippen molar-refractivity contribution in [2.75, 3.05) is 39.6 Å². The predicted molar refractivity (Wildman–Crippen MR) is 400 cm³/mol. The molecule has 0 saturated heterocycles. The van der Waals surface area contributed by atoms with Gasteiger partial charge in [-0.3, -0.25) is 37.3 Å². The predicted octanol–water partition coefficient (Wildman–Crippen LogP) is 23.2. The number of aliphatic hydroxyl groups is 1. The second-order valence-electron chi connectivity index (χ2n) is 30.1. The molecule has 0 aliphatic heterocycles. The molecule has 0 aromatic carbocycles. The standard InChI is InChI=1S/C79H154O17P2/c1-9-72(8)58-50-42-37-38-44-52-60-77(82)90-66-75(96-79(84)62-54-46-35-29-25-21-17-16-19-23-27-32-40-48-56-70(4)5)68-94-98(87,88)92-64-73(80)63-91-97(85,86)93-67-74(65-89-76(81)59-51-43-36-30-33-41-49-57-71(6)7)95-78(83)61-53-45-34-28-24-20-15-13-11-10-12-14-18-22-26-31-39-47-55-69(2)3/h69-75,80H,9-68H2,1-8H3,(H,85,86)(H,87,88)/t72?,73?,74-,75-/m1/s1. The molecule has 582 valence electrons. The smallest absolute Gasteiger partial charge is 0.462 e. The maximum absolute atomic E-state index is 13.1. The lowest BCUT2D eigenvalue weighted by Crippen LogP contribution is -2.30. The van der Waals surface area contributed by atoms with E-state index >= 15 is 0 Å². The third-order valence-corrected chi connectivity index (χ3v) is 20.6. The summed E-state index contributed by atoms with van der Waals surface area (Å²) in [6.07, 6.45) is 54.3. The van der Waals surface area contributed by atoms with Gasteiger partial charge in [0.15, 0.2) is 12.2 Å². The number of aliphatic hydroxyl groups excluding tert-OH is 1. The Hall–Kier alpha value is -1.94. The van der Waals surface area contributed by atoms with Crippen LogP contribution in [0.2, 0.25) is 0 Å². The summed E-state index contributed by atoms with van der Waals surface area (Å²) in [4.78, 5) is 72.9. The van der Waals surface area contributed by atoms with Gasteiger partial charge in [-0.25, -0.2) is 9.13 Å². The highest BCUT2D eigenvalue weighted by Crippen LogP contribution is 2.45. The molecule has 0 bridgehead atoms. The van der Waals surface area contributed by atoms with Gasteiger partial charge in [0.1, 0.15) is 19.3 Å². The average Bonchev–Trinajstić information content (AvgIpc) is 1.09. The fourth-order valence-corrected chi connectivity index (χ4v) is 13.6. The first-order chi connectivity index (χ1) is 47.1. The molecule has 0 aromatic rings. The summed E-state index contributed by atoms with van der Waals surface area (Å²) >= 11 is 0. The molecule has 98 heavy (non-hydrogen) atoms. The topological polar surface area (TPSA) is 237 Å². The van der Waals surface area contributed by atoms with E-state index in [0.29, 0.717) is 31.6 Å². The fourth-order valence-electron chi connectivity index (χ4n) is 12.0. The summed E-state index contributed by atoms with van der Waals surface area (Å²) in [6, 6.07) is 0. The van der Waals surface area contributed by atoms with Crippen LogP contribution in [0.1, 0.15) is 402 Å². The highest BCUT2D eigenvalue weighted by molar-refractivity contribution is 7.47. The van der Waals surface area contributed by atoms with Gasteiger partial charge < -0.3 is 33.8 Å². The molecule has 19 heteroatoms. The molecule has 0 rings (SSSR count). The van der Waals surface area contributed by atoms with Crippen molar-refractivity contribution in [3.63, 3.8) is 0 Å². The molecule has 17 nitrogen and oxygen atoms in total. The SMILES string of the molecule is CCC(C)CCCCCCCCC(=O)OC[C@H](COP(=O)(O)OCC(O)COP(=O)(O)OC[C@@H](COC(=O)CCCCCCCCCC(C)C)OC(=O)CCCCCCCCCCCCCCCCCCCCC(C)C)OC(=O)CCCCCCCCCCCCCCCCC(C)C. The molecular formula is C79H154O17P2. The number of phosphoric acid groups is 2. The summed E-state index contributed by atoms with van der Waals surface area (Å²) in [5, 5.41) is 10.6.